The first-order valence-corrected chi connectivity index (χ1v) is 8.41. The van der Waals surface area contributed by atoms with Crippen molar-refractivity contribution in [3.05, 3.63) is 64.7 Å². The Morgan fingerprint density at radius 2 is 1.88 bits per heavy atom. The highest BCUT2D eigenvalue weighted by atomic mass is 35.5. The molecule has 2 aromatic rings. The predicted octanol–water partition coefficient (Wildman–Crippen LogP) is 3.71. The number of carbonyl (C=O) groups excluding carboxylic acids is 2. The van der Waals surface area contributed by atoms with Gasteiger partial charge in [0.25, 0.3) is 5.91 Å². The Balaban J connectivity index is 1.91. The molecule has 0 aliphatic carbocycles. The topological polar surface area (TPSA) is 58.6 Å². The SMILES string of the molecule is CC[C@]1(c2ccc(OC)cc2)NC(=O)N(Cc2cccc(Cl)c2)C1=O. The van der Waals surface area contributed by atoms with E-state index in [0.29, 0.717) is 17.2 Å². The molecular formula is C19H19ClN2O3. The number of rotatable bonds is 5. The average Bonchev–Trinajstić information content (AvgIpc) is 2.87. The smallest absolute Gasteiger partial charge is 0.325 e. The van der Waals surface area contributed by atoms with Crippen molar-refractivity contribution in [1.29, 1.82) is 0 Å². The van der Waals surface area contributed by atoms with Crippen molar-refractivity contribution >= 4 is 23.5 Å². The van der Waals surface area contributed by atoms with E-state index in [9.17, 15) is 9.59 Å². The molecule has 1 heterocycles. The molecule has 0 aromatic heterocycles. The van der Waals surface area contributed by atoms with Crippen molar-refractivity contribution in [2.45, 2.75) is 25.4 Å². The second kappa shape index (κ2) is 6.76. The Hall–Kier alpha value is -2.53. The van der Waals surface area contributed by atoms with E-state index in [-0.39, 0.29) is 12.5 Å². The van der Waals surface area contributed by atoms with Crippen molar-refractivity contribution in [3.63, 3.8) is 0 Å². The number of nitrogens with zero attached hydrogens (tertiary/aromatic N) is 1. The van der Waals surface area contributed by atoms with Crippen molar-refractivity contribution < 1.29 is 14.3 Å². The van der Waals surface area contributed by atoms with Gasteiger partial charge in [-0.3, -0.25) is 9.69 Å². The number of carbonyl (C=O) groups is 2. The standard InChI is InChI=1S/C19H19ClN2O3/c1-3-19(14-7-9-16(25-2)10-8-14)17(23)22(18(24)21-19)12-13-5-4-6-15(20)11-13/h4-11H,3,12H2,1-2H3,(H,21,24)/t19-/m1/s1. The fourth-order valence-electron chi connectivity index (χ4n) is 3.10. The summed E-state index contributed by atoms with van der Waals surface area (Å²) >= 11 is 5.99. The molecule has 2 aromatic carbocycles. The van der Waals surface area contributed by atoms with Crippen molar-refractivity contribution in [3.8, 4) is 5.75 Å². The van der Waals surface area contributed by atoms with E-state index in [0.717, 1.165) is 11.1 Å². The fraction of sp³-hybridized carbons (Fsp3) is 0.263. The molecule has 0 saturated carbocycles. The van der Waals surface area contributed by atoms with Crippen LogP contribution in [0, 0.1) is 0 Å². The molecule has 0 spiro atoms. The molecule has 5 nitrogen and oxygen atoms in total. The van der Waals surface area contributed by atoms with Gasteiger partial charge >= 0.3 is 6.03 Å². The van der Waals surface area contributed by atoms with Crippen LogP contribution in [0.1, 0.15) is 24.5 Å². The van der Waals surface area contributed by atoms with Gasteiger partial charge in [-0.05, 0) is 41.8 Å². The fourth-order valence-corrected chi connectivity index (χ4v) is 3.32. The number of urea groups is 1. The number of benzene rings is 2. The average molecular weight is 359 g/mol. The number of methoxy groups -OCH3 is 1. The number of hydrogen-bond donors (Lipinski definition) is 1. The van der Waals surface area contributed by atoms with Gasteiger partial charge in [0.1, 0.15) is 11.3 Å². The summed E-state index contributed by atoms with van der Waals surface area (Å²) in [4.78, 5) is 26.8. The zero-order valence-corrected chi connectivity index (χ0v) is 14.8. The van der Waals surface area contributed by atoms with E-state index >= 15 is 0 Å². The molecule has 3 rings (SSSR count). The molecular weight excluding hydrogens is 340 g/mol. The Kier molecular flexibility index (Phi) is 4.68. The number of amides is 3. The third-order valence-electron chi connectivity index (χ3n) is 4.52. The first-order chi connectivity index (χ1) is 12.0. The maximum atomic E-state index is 13.1. The van der Waals surface area contributed by atoms with Gasteiger partial charge in [0.05, 0.1) is 13.7 Å². The van der Waals surface area contributed by atoms with E-state index in [1.165, 1.54) is 4.90 Å². The van der Waals surface area contributed by atoms with Crippen LogP contribution in [0.4, 0.5) is 4.79 Å². The first-order valence-electron chi connectivity index (χ1n) is 8.03. The largest absolute Gasteiger partial charge is 0.497 e. The number of nitrogens with one attached hydrogen (secondary N) is 1. The molecule has 6 heteroatoms. The highest BCUT2D eigenvalue weighted by molar-refractivity contribution is 6.30. The van der Waals surface area contributed by atoms with Crippen LogP contribution in [-0.2, 0) is 16.9 Å². The van der Waals surface area contributed by atoms with Crippen LogP contribution in [0.5, 0.6) is 5.75 Å². The molecule has 1 aliphatic heterocycles. The van der Waals surface area contributed by atoms with Gasteiger partial charge in [0, 0.05) is 5.02 Å². The number of hydrogen-bond acceptors (Lipinski definition) is 3. The van der Waals surface area contributed by atoms with Crippen molar-refractivity contribution in [1.82, 2.24) is 10.2 Å². The summed E-state index contributed by atoms with van der Waals surface area (Å²) in [5, 5.41) is 3.44. The Morgan fingerprint density at radius 3 is 2.48 bits per heavy atom. The van der Waals surface area contributed by atoms with Gasteiger partial charge in [-0.2, -0.15) is 0 Å². The summed E-state index contributed by atoms with van der Waals surface area (Å²) < 4.78 is 5.16. The lowest BCUT2D eigenvalue weighted by molar-refractivity contribution is -0.132. The molecule has 1 N–H and O–H groups in total. The van der Waals surface area contributed by atoms with Gasteiger partial charge in [-0.1, -0.05) is 42.8 Å². The van der Waals surface area contributed by atoms with E-state index in [1.54, 1.807) is 37.4 Å². The number of imide groups is 1. The van der Waals surface area contributed by atoms with Crippen molar-refractivity contribution in [2.75, 3.05) is 7.11 Å². The summed E-state index contributed by atoms with van der Waals surface area (Å²) in [6.45, 7) is 2.06. The van der Waals surface area contributed by atoms with Crippen LogP contribution in [-0.4, -0.2) is 23.9 Å². The van der Waals surface area contributed by atoms with E-state index in [1.807, 2.05) is 25.1 Å². The van der Waals surface area contributed by atoms with E-state index < -0.39 is 11.6 Å². The Morgan fingerprint density at radius 1 is 1.16 bits per heavy atom. The van der Waals surface area contributed by atoms with Gasteiger partial charge < -0.3 is 10.1 Å². The first kappa shape index (κ1) is 17.3. The maximum absolute atomic E-state index is 13.1. The number of ether oxygens (including phenoxy) is 1. The van der Waals surface area contributed by atoms with Crippen LogP contribution in [0.25, 0.3) is 0 Å². The van der Waals surface area contributed by atoms with Crippen molar-refractivity contribution in [2.24, 2.45) is 0 Å². The Labute approximate surface area is 151 Å². The predicted molar refractivity (Wildman–Crippen MR) is 95.5 cm³/mol. The lowest BCUT2D eigenvalue weighted by atomic mass is 9.87. The molecule has 1 saturated heterocycles. The molecule has 25 heavy (non-hydrogen) atoms. The van der Waals surface area contributed by atoms with Gasteiger partial charge in [-0.25, -0.2) is 4.79 Å². The monoisotopic (exact) mass is 358 g/mol. The summed E-state index contributed by atoms with van der Waals surface area (Å²) in [6.07, 6.45) is 0.454. The molecule has 0 radical (unpaired) electrons. The highest BCUT2D eigenvalue weighted by Crippen LogP contribution is 2.34. The minimum Gasteiger partial charge on any atom is -0.497 e. The van der Waals surface area contributed by atoms with Crippen LogP contribution in [0.15, 0.2) is 48.5 Å². The van der Waals surface area contributed by atoms with Gasteiger partial charge in [-0.15, -0.1) is 0 Å². The van der Waals surface area contributed by atoms with Gasteiger partial charge in [0.15, 0.2) is 0 Å². The second-order valence-corrected chi connectivity index (χ2v) is 6.38. The summed E-state index contributed by atoms with van der Waals surface area (Å²) in [5.74, 6) is 0.438. The van der Waals surface area contributed by atoms with Gasteiger partial charge in [0.2, 0.25) is 0 Å². The van der Waals surface area contributed by atoms with E-state index in [2.05, 4.69) is 5.32 Å². The molecule has 0 unspecified atom stereocenters. The quantitative estimate of drug-likeness (QED) is 0.829. The summed E-state index contributed by atoms with van der Waals surface area (Å²) in [6, 6.07) is 13.9. The zero-order valence-electron chi connectivity index (χ0n) is 14.1. The molecule has 1 fully saturated rings. The lowest BCUT2D eigenvalue weighted by Gasteiger charge is -2.26. The molecule has 1 atom stereocenters. The van der Waals surface area contributed by atoms with Crippen LogP contribution in [0.3, 0.4) is 0 Å². The minimum absolute atomic E-state index is 0.184. The Bertz CT molecular complexity index is 807. The van der Waals surface area contributed by atoms with Crippen LogP contribution < -0.4 is 10.1 Å². The van der Waals surface area contributed by atoms with Crippen LogP contribution in [0.2, 0.25) is 5.02 Å². The van der Waals surface area contributed by atoms with Crippen LogP contribution >= 0.6 is 11.6 Å². The highest BCUT2D eigenvalue weighted by Gasteiger charge is 2.51. The molecule has 3 amide bonds. The minimum atomic E-state index is -1.05. The molecule has 130 valence electrons. The lowest BCUT2D eigenvalue weighted by Crippen LogP contribution is -2.43. The van der Waals surface area contributed by atoms with E-state index in [4.69, 9.17) is 16.3 Å². The second-order valence-electron chi connectivity index (χ2n) is 5.94. The maximum Gasteiger partial charge on any atom is 0.325 e. The summed E-state index contributed by atoms with van der Waals surface area (Å²) in [7, 11) is 1.58. The third-order valence-corrected chi connectivity index (χ3v) is 4.75. The zero-order chi connectivity index (χ0) is 18.0. The summed E-state index contributed by atoms with van der Waals surface area (Å²) in [5.41, 5.74) is 0.488. The number of halogens is 1. The normalized spacial score (nSPS) is 19.9. The molecule has 0 bridgehead atoms. The third kappa shape index (κ3) is 3.07. The molecule has 1 aliphatic rings.